The van der Waals surface area contributed by atoms with Gasteiger partial charge < -0.3 is 9.47 Å². The van der Waals surface area contributed by atoms with E-state index in [-0.39, 0.29) is 0 Å². The summed E-state index contributed by atoms with van der Waals surface area (Å²) in [5, 5.41) is 13.2. The number of aromatic nitrogens is 3. The molecule has 7 heteroatoms. The Bertz CT molecular complexity index is 829. The zero-order valence-corrected chi connectivity index (χ0v) is 14.8. The van der Waals surface area contributed by atoms with Gasteiger partial charge in [0.25, 0.3) is 0 Å². The molecule has 0 aliphatic carbocycles. The van der Waals surface area contributed by atoms with Crippen LogP contribution in [0.1, 0.15) is 11.1 Å². The Labute approximate surface area is 150 Å². The Hall–Kier alpha value is -2.80. The van der Waals surface area contributed by atoms with Crippen LogP contribution in [0.5, 0.6) is 11.5 Å². The summed E-state index contributed by atoms with van der Waals surface area (Å²) in [7, 11) is 3.31. The van der Waals surface area contributed by atoms with Crippen molar-refractivity contribution in [2.75, 3.05) is 14.2 Å². The van der Waals surface area contributed by atoms with Crippen LogP contribution in [-0.4, -0.2) is 35.3 Å². The van der Waals surface area contributed by atoms with Crippen molar-refractivity contribution in [3.8, 4) is 11.5 Å². The summed E-state index contributed by atoms with van der Waals surface area (Å²) in [6, 6.07) is 15.6. The first kappa shape index (κ1) is 17.0. The SMILES string of the molecule is COc1ccc(/C=N\n2cnnc2SCc2ccc(OC)cc2)cc1. The molecule has 0 unspecified atom stereocenters. The van der Waals surface area contributed by atoms with E-state index >= 15 is 0 Å². The highest BCUT2D eigenvalue weighted by Crippen LogP contribution is 2.22. The average molecular weight is 354 g/mol. The zero-order valence-electron chi connectivity index (χ0n) is 14.0. The van der Waals surface area contributed by atoms with E-state index in [2.05, 4.69) is 15.3 Å². The van der Waals surface area contributed by atoms with Crippen LogP contribution in [0.3, 0.4) is 0 Å². The fourth-order valence-electron chi connectivity index (χ4n) is 2.08. The van der Waals surface area contributed by atoms with Crippen molar-refractivity contribution >= 4 is 18.0 Å². The molecular weight excluding hydrogens is 336 g/mol. The Kier molecular flexibility index (Phi) is 5.69. The van der Waals surface area contributed by atoms with Gasteiger partial charge in [-0.2, -0.15) is 9.78 Å². The van der Waals surface area contributed by atoms with Gasteiger partial charge in [-0.3, -0.25) is 0 Å². The molecule has 0 fully saturated rings. The molecule has 0 aliphatic heterocycles. The highest BCUT2D eigenvalue weighted by atomic mass is 32.2. The summed E-state index contributed by atoms with van der Waals surface area (Å²) in [5.41, 5.74) is 2.15. The summed E-state index contributed by atoms with van der Waals surface area (Å²) in [6.07, 6.45) is 3.36. The lowest BCUT2D eigenvalue weighted by atomic mass is 10.2. The normalized spacial score (nSPS) is 11.0. The molecule has 0 saturated carbocycles. The molecule has 3 aromatic rings. The molecule has 1 heterocycles. The van der Waals surface area contributed by atoms with Crippen molar-refractivity contribution in [2.24, 2.45) is 5.10 Å². The maximum Gasteiger partial charge on any atom is 0.212 e. The van der Waals surface area contributed by atoms with Gasteiger partial charge in [0.1, 0.15) is 17.8 Å². The van der Waals surface area contributed by atoms with Gasteiger partial charge in [0.2, 0.25) is 5.16 Å². The third-order valence-corrected chi connectivity index (χ3v) is 4.48. The molecule has 128 valence electrons. The predicted octanol–water partition coefficient (Wildman–Crippen LogP) is 3.47. The van der Waals surface area contributed by atoms with Gasteiger partial charge in [-0.15, -0.1) is 10.2 Å². The number of methoxy groups -OCH3 is 2. The van der Waals surface area contributed by atoms with E-state index in [1.165, 1.54) is 5.56 Å². The second kappa shape index (κ2) is 8.34. The van der Waals surface area contributed by atoms with E-state index in [1.54, 1.807) is 43.2 Å². The van der Waals surface area contributed by atoms with E-state index < -0.39 is 0 Å². The topological polar surface area (TPSA) is 61.5 Å². The number of hydrogen-bond acceptors (Lipinski definition) is 6. The lowest BCUT2D eigenvalue weighted by Crippen LogP contribution is -1.93. The summed E-state index contributed by atoms with van der Waals surface area (Å²) < 4.78 is 12.0. The molecule has 0 aliphatic rings. The maximum absolute atomic E-state index is 5.17. The molecule has 0 saturated heterocycles. The molecular formula is C18H18N4O2S. The standard InChI is InChI=1S/C18H18N4O2S/c1-23-16-7-3-14(4-8-16)11-20-22-13-19-21-18(22)25-12-15-5-9-17(24-2)10-6-15/h3-11,13H,12H2,1-2H3/b20-11-. The quantitative estimate of drug-likeness (QED) is 0.480. The van der Waals surface area contributed by atoms with Crippen molar-refractivity contribution < 1.29 is 9.47 Å². The maximum atomic E-state index is 5.17. The molecule has 25 heavy (non-hydrogen) atoms. The minimum absolute atomic E-state index is 0.737. The molecule has 6 nitrogen and oxygen atoms in total. The molecule has 0 bridgehead atoms. The summed E-state index contributed by atoms with van der Waals surface area (Å²) in [4.78, 5) is 0. The Balaban J connectivity index is 1.64. The average Bonchev–Trinajstić information content (AvgIpc) is 3.13. The van der Waals surface area contributed by atoms with Crippen LogP contribution in [0.25, 0.3) is 0 Å². The first-order chi connectivity index (χ1) is 12.3. The van der Waals surface area contributed by atoms with Gasteiger partial charge in [-0.1, -0.05) is 23.9 Å². The summed E-state index contributed by atoms with van der Waals surface area (Å²) >= 11 is 1.58. The first-order valence-corrected chi connectivity index (χ1v) is 8.61. The van der Waals surface area contributed by atoms with Crippen molar-refractivity contribution in [3.63, 3.8) is 0 Å². The lowest BCUT2D eigenvalue weighted by Gasteiger charge is -2.03. The molecule has 0 spiro atoms. The van der Waals surface area contributed by atoms with Crippen LogP contribution in [0.15, 0.2) is 65.1 Å². The van der Waals surface area contributed by atoms with Crippen molar-refractivity contribution in [1.29, 1.82) is 0 Å². The largest absolute Gasteiger partial charge is 0.497 e. The molecule has 2 aromatic carbocycles. The number of thioether (sulfide) groups is 1. The van der Waals surface area contributed by atoms with Crippen molar-refractivity contribution in [2.45, 2.75) is 10.9 Å². The van der Waals surface area contributed by atoms with Crippen LogP contribution < -0.4 is 9.47 Å². The minimum atomic E-state index is 0.737. The van der Waals surface area contributed by atoms with Gasteiger partial charge in [0.05, 0.1) is 20.4 Å². The number of rotatable bonds is 7. The third kappa shape index (κ3) is 4.60. The van der Waals surface area contributed by atoms with Gasteiger partial charge in [-0.05, 0) is 47.5 Å². The molecule has 0 atom stereocenters. The summed E-state index contributed by atoms with van der Waals surface area (Å²) in [5.74, 6) is 2.44. The molecule has 1 aromatic heterocycles. The van der Waals surface area contributed by atoms with Crippen LogP contribution in [0.4, 0.5) is 0 Å². The van der Waals surface area contributed by atoms with Crippen LogP contribution in [0, 0.1) is 0 Å². The highest BCUT2D eigenvalue weighted by Gasteiger charge is 2.05. The van der Waals surface area contributed by atoms with E-state index in [1.807, 2.05) is 48.5 Å². The van der Waals surface area contributed by atoms with Gasteiger partial charge >= 0.3 is 0 Å². The Morgan fingerprint density at radius 2 is 1.64 bits per heavy atom. The number of hydrogen-bond donors (Lipinski definition) is 0. The van der Waals surface area contributed by atoms with Crippen LogP contribution in [0.2, 0.25) is 0 Å². The van der Waals surface area contributed by atoms with E-state index in [4.69, 9.17) is 9.47 Å². The fraction of sp³-hybridized carbons (Fsp3) is 0.167. The number of nitrogens with zero attached hydrogens (tertiary/aromatic N) is 4. The van der Waals surface area contributed by atoms with Crippen molar-refractivity contribution in [3.05, 3.63) is 66.0 Å². The zero-order chi connectivity index (χ0) is 17.5. The van der Waals surface area contributed by atoms with E-state index in [0.29, 0.717) is 0 Å². The minimum Gasteiger partial charge on any atom is -0.497 e. The van der Waals surface area contributed by atoms with Crippen LogP contribution >= 0.6 is 11.8 Å². The molecule has 0 radical (unpaired) electrons. The lowest BCUT2D eigenvalue weighted by molar-refractivity contribution is 0.414. The van der Waals surface area contributed by atoms with E-state index in [9.17, 15) is 0 Å². The highest BCUT2D eigenvalue weighted by molar-refractivity contribution is 7.98. The molecule has 3 rings (SSSR count). The van der Waals surface area contributed by atoms with Crippen LogP contribution in [-0.2, 0) is 5.75 Å². The predicted molar refractivity (Wildman–Crippen MR) is 98.6 cm³/mol. The Morgan fingerprint density at radius 1 is 1.00 bits per heavy atom. The molecule has 0 amide bonds. The molecule has 0 N–H and O–H groups in total. The van der Waals surface area contributed by atoms with Gasteiger partial charge in [0, 0.05) is 5.75 Å². The van der Waals surface area contributed by atoms with Crippen molar-refractivity contribution in [1.82, 2.24) is 14.9 Å². The summed E-state index contributed by atoms with van der Waals surface area (Å²) in [6.45, 7) is 0. The second-order valence-corrected chi connectivity index (χ2v) is 6.06. The first-order valence-electron chi connectivity index (χ1n) is 7.62. The third-order valence-electron chi connectivity index (χ3n) is 3.47. The monoisotopic (exact) mass is 354 g/mol. The number of benzene rings is 2. The van der Waals surface area contributed by atoms with Gasteiger partial charge in [-0.25, -0.2) is 0 Å². The Morgan fingerprint density at radius 3 is 2.28 bits per heavy atom. The van der Waals surface area contributed by atoms with Gasteiger partial charge in [0.15, 0.2) is 0 Å². The smallest absolute Gasteiger partial charge is 0.212 e. The fourth-order valence-corrected chi connectivity index (χ4v) is 2.90. The second-order valence-electron chi connectivity index (χ2n) is 5.11. The number of ether oxygens (including phenoxy) is 2. The van der Waals surface area contributed by atoms with E-state index in [0.717, 1.165) is 28.0 Å².